The summed E-state index contributed by atoms with van der Waals surface area (Å²) in [4.78, 5) is 16.4. The number of aromatic nitrogens is 3. The Morgan fingerprint density at radius 2 is 1.57 bits per heavy atom. The van der Waals surface area contributed by atoms with Gasteiger partial charge in [-0.1, -0.05) is 26.0 Å². The molecule has 3 aromatic carbocycles. The molecule has 0 amide bonds. The van der Waals surface area contributed by atoms with Gasteiger partial charge in [-0.15, -0.1) is 0 Å². The third kappa shape index (κ3) is 5.42. The topological polar surface area (TPSA) is 74.2 Å². The predicted octanol–water partition coefficient (Wildman–Crippen LogP) is 7.77. The Labute approximate surface area is 230 Å². The van der Waals surface area contributed by atoms with Crippen LogP contribution >= 0.6 is 0 Å². The van der Waals surface area contributed by atoms with Crippen molar-refractivity contribution in [3.05, 3.63) is 83.2 Å². The highest BCUT2D eigenvalue weighted by Crippen LogP contribution is 2.37. The van der Waals surface area contributed by atoms with Gasteiger partial charge in [0.25, 0.3) is 0 Å². The van der Waals surface area contributed by atoms with Gasteiger partial charge in [0.1, 0.15) is 11.3 Å². The summed E-state index contributed by atoms with van der Waals surface area (Å²) in [7, 11) is 0. The second-order valence-corrected chi connectivity index (χ2v) is 9.79. The molecule has 40 heavy (non-hydrogen) atoms. The maximum atomic E-state index is 13.5. The van der Waals surface area contributed by atoms with E-state index in [2.05, 4.69) is 29.0 Å². The highest BCUT2D eigenvalue weighted by atomic mass is 19.4. The maximum Gasteiger partial charge on any atom is 0.416 e. The Hall–Kier alpha value is -4.24. The lowest BCUT2D eigenvalue weighted by atomic mass is 10.0. The number of pyridine rings is 1. The van der Waals surface area contributed by atoms with Crippen molar-refractivity contribution in [1.82, 2.24) is 19.9 Å². The van der Waals surface area contributed by atoms with E-state index < -0.39 is 11.7 Å². The summed E-state index contributed by atoms with van der Waals surface area (Å²) in [5.74, 6) is 0.198. The zero-order chi connectivity index (χ0) is 28.6. The van der Waals surface area contributed by atoms with Crippen molar-refractivity contribution in [2.24, 2.45) is 0 Å². The smallest absolute Gasteiger partial charge is 0.416 e. The molecule has 2 aromatic heterocycles. The first-order chi connectivity index (χ1) is 19.1. The number of alkyl halides is 3. The van der Waals surface area contributed by atoms with E-state index in [1.165, 1.54) is 6.07 Å². The average molecular weight is 546 g/mol. The fourth-order valence-electron chi connectivity index (χ4n) is 4.75. The Kier molecular flexibility index (Phi) is 7.33. The zero-order valence-electron chi connectivity index (χ0n) is 22.8. The SMILES string of the molecule is CCN(CC)Cc1cc(Nc2cc(-c3cccc(C(F)(F)F)c3)nc3ccc4nc(C)c(C)nc4c23)ccc1O. The van der Waals surface area contributed by atoms with Crippen LogP contribution in [0.4, 0.5) is 24.5 Å². The molecular weight excluding hydrogens is 515 g/mol. The Balaban J connectivity index is 1.70. The van der Waals surface area contributed by atoms with E-state index in [1.54, 1.807) is 24.3 Å². The van der Waals surface area contributed by atoms with Gasteiger partial charge in [-0.2, -0.15) is 13.2 Å². The van der Waals surface area contributed by atoms with Gasteiger partial charge in [-0.3, -0.25) is 4.90 Å². The molecular formula is C31H30F3N5O. The van der Waals surface area contributed by atoms with Crippen LogP contribution in [0.1, 0.15) is 36.4 Å². The maximum absolute atomic E-state index is 13.5. The van der Waals surface area contributed by atoms with Crippen LogP contribution in [0.2, 0.25) is 0 Å². The van der Waals surface area contributed by atoms with Gasteiger partial charge >= 0.3 is 6.18 Å². The molecule has 2 heterocycles. The summed E-state index contributed by atoms with van der Waals surface area (Å²) in [6.45, 7) is 10.2. The number of benzene rings is 3. The summed E-state index contributed by atoms with van der Waals surface area (Å²) >= 11 is 0. The van der Waals surface area contributed by atoms with Crippen molar-refractivity contribution in [3.63, 3.8) is 0 Å². The first-order valence-corrected chi connectivity index (χ1v) is 13.1. The third-order valence-electron chi connectivity index (χ3n) is 7.15. The van der Waals surface area contributed by atoms with E-state index in [9.17, 15) is 18.3 Å². The highest BCUT2D eigenvalue weighted by Gasteiger charge is 2.30. The Morgan fingerprint density at radius 1 is 0.850 bits per heavy atom. The van der Waals surface area contributed by atoms with Crippen molar-refractivity contribution in [3.8, 4) is 17.0 Å². The molecule has 0 atom stereocenters. The molecule has 0 aliphatic rings. The number of halogens is 3. The van der Waals surface area contributed by atoms with Crippen LogP contribution < -0.4 is 5.32 Å². The van der Waals surface area contributed by atoms with E-state index >= 15 is 0 Å². The van der Waals surface area contributed by atoms with Crippen molar-refractivity contribution in [2.75, 3.05) is 18.4 Å². The lowest BCUT2D eigenvalue weighted by Gasteiger charge is -2.20. The molecule has 0 fully saturated rings. The van der Waals surface area contributed by atoms with E-state index in [0.29, 0.717) is 45.4 Å². The van der Waals surface area contributed by atoms with E-state index in [1.807, 2.05) is 32.0 Å². The largest absolute Gasteiger partial charge is 0.508 e. The number of anilines is 2. The number of fused-ring (bicyclic) bond motifs is 3. The molecule has 206 valence electrons. The van der Waals surface area contributed by atoms with E-state index in [4.69, 9.17) is 9.97 Å². The van der Waals surface area contributed by atoms with Crippen molar-refractivity contribution in [2.45, 2.75) is 40.4 Å². The first kappa shape index (κ1) is 27.3. The number of hydrogen-bond donors (Lipinski definition) is 2. The molecule has 0 aliphatic heterocycles. The monoisotopic (exact) mass is 545 g/mol. The molecule has 0 unspecified atom stereocenters. The standard InChI is InChI=1S/C31H30F3N5O/c1-5-39(6-2)17-21-15-23(10-13-28(21)40)37-27-16-26(20-8-7-9-22(14-20)31(32,33)34)38-24-11-12-25-30(29(24)27)36-19(4)18(3)35-25/h7-16,40H,5-6,17H2,1-4H3,(H,37,38). The number of aromatic hydroxyl groups is 1. The summed E-state index contributed by atoms with van der Waals surface area (Å²) in [5, 5.41) is 14.7. The fourth-order valence-corrected chi connectivity index (χ4v) is 4.75. The third-order valence-corrected chi connectivity index (χ3v) is 7.15. The molecule has 0 spiro atoms. The normalized spacial score (nSPS) is 12.0. The molecule has 0 saturated carbocycles. The molecule has 0 saturated heterocycles. The highest BCUT2D eigenvalue weighted by molar-refractivity contribution is 6.10. The minimum Gasteiger partial charge on any atom is -0.508 e. The van der Waals surface area contributed by atoms with Gasteiger partial charge in [0.15, 0.2) is 0 Å². The summed E-state index contributed by atoms with van der Waals surface area (Å²) < 4.78 is 40.5. The molecule has 6 nitrogen and oxygen atoms in total. The number of hydrogen-bond acceptors (Lipinski definition) is 6. The molecule has 5 rings (SSSR count). The van der Waals surface area contributed by atoms with Gasteiger partial charge in [0.05, 0.1) is 44.8 Å². The Morgan fingerprint density at radius 3 is 2.30 bits per heavy atom. The number of nitrogens with one attached hydrogen (secondary N) is 1. The quantitative estimate of drug-likeness (QED) is 0.161. The summed E-state index contributed by atoms with van der Waals surface area (Å²) in [6.07, 6.45) is -4.47. The second-order valence-electron chi connectivity index (χ2n) is 9.79. The summed E-state index contributed by atoms with van der Waals surface area (Å²) in [5.41, 5.74) is 5.61. The lowest BCUT2D eigenvalue weighted by molar-refractivity contribution is -0.137. The van der Waals surface area contributed by atoms with Gasteiger partial charge < -0.3 is 10.4 Å². The van der Waals surface area contributed by atoms with Crippen molar-refractivity contribution < 1.29 is 18.3 Å². The zero-order valence-corrected chi connectivity index (χ0v) is 22.8. The summed E-state index contributed by atoms with van der Waals surface area (Å²) in [6, 6.07) is 15.8. The van der Waals surface area contributed by atoms with Gasteiger partial charge in [-0.25, -0.2) is 15.0 Å². The second kappa shape index (κ2) is 10.7. The molecule has 5 aromatic rings. The lowest BCUT2D eigenvalue weighted by Crippen LogP contribution is -2.22. The van der Waals surface area contributed by atoms with E-state index in [-0.39, 0.29) is 5.75 Å². The number of nitrogens with zero attached hydrogens (tertiary/aromatic N) is 4. The molecule has 0 radical (unpaired) electrons. The fraction of sp³-hybridized carbons (Fsp3) is 0.258. The molecule has 0 aliphatic carbocycles. The van der Waals surface area contributed by atoms with Crippen molar-refractivity contribution in [1.29, 1.82) is 0 Å². The van der Waals surface area contributed by atoms with E-state index in [0.717, 1.165) is 47.9 Å². The van der Waals surface area contributed by atoms with Crippen molar-refractivity contribution >= 4 is 33.3 Å². The molecule has 0 bridgehead atoms. The van der Waals surface area contributed by atoms with Crippen LogP contribution in [0.5, 0.6) is 5.75 Å². The predicted molar refractivity (Wildman–Crippen MR) is 153 cm³/mol. The van der Waals surface area contributed by atoms with Crippen LogP contribution in [-0.4, -0.2) is 38.0 Å². The average Bonchev–Trinajstić information content (AvgIpc) is 2.93. The van der Waals surface area contributed by atoms with Gasteiger partial charge in [-0.05, 0) is 75.5 Å². The number of aryl methyl sites for hydroxylation is 2. The number of rotatable bonds is 7. The molecule has 9 heteroatoms. The minimum atomic E-state index is -4.47. The van der Waals surface area contributed by atoms with Crippen LogP contribution in [0.15, 0.2) is 60.7 Å². The minimum absolute atomic E-state index is 0.198. The first-order valence-electron chi connectivity index (χ1n) is 13.1. The van der Waals surface area contributed by atoms with Crippen LogP contribution in [0.3, 0.4) is 0 Å². The van der Waals surface area contributed by atoms with Crippen LogP contribution in [0, 0.1) is 13.8 Å². The number of phenols is 1. The Bertz CT molecular complexity index is 1710. The van der Waals surface area contributed by atoms with Crippen LogP contribution in [-0.2, 0) is 12.7 Å². The molecule has 2 N–H and O–H groups in total. The van der Waals surface area contributed by atoms with Gasteiger partial charge in [0.2, 0.25) is 0 Å². The number of phenolic OH excluding ortho intramolecular Hbond substituents is 1. The van der Waals surface area contributed by atoms with Crippen LogP contribution in [0.25, 0.3) is 33.2 Å². The van der Waals surface area contributed by atoms with Gasteiger partial charge in [0, 0.05) is 23.4 Å².